The largest absolute Gasteiger partial charge is 0.356 e. The third-order valence-electron chi connectivity index (χ3n) is 3.54. The van der Waals surface area contributed by atoms with Gasteiger partial charge in [-0.1, -0.05) is 18.6 Å². The van der Waals surface area contributed by atoms with Gasteiger partial charge in [0, 0.05) is 19.5 Å². The molecular formula is C16H20N2O3. The average Bonchev–Trinajstić information content (AvgIpc) is 2.72. The number of rotatable bonds is 7. The molecule has 1 heterocycles. The zero-order chi connectivity index (χ0) is 15.2. The second kappa shape index (κ2) is 7.02. The molecule has 21 heavy (non-hydrogen) atoms. The molecule has 112 valence electrons. The van der Waals surface area contributed by atoms with Crippen LogP contribution in [0.15, 0.2) is 24.3 Å². The Morgan fingerprint density at radius 3 is 2.24 bits per heavy atom. The lowest BCUT2D eigenvalue weighted by Crippen LogP contribution is -2.30. The highest BCUT2D eigenvalue weighted by Crippen LogP contribution is 2.22. The third kappa shape index (κ3) is 3.48. The molecule has 0 radical (unpaired) electrons. The van der Waals surface area contributed by atoms with E-state index in [2.05, 4.69) is 5.32 Å². The highest BCUT2D eigenvalue weighted by molar-refractivity contribution is 6.21. The minimum atomic E-state index is -0.209. The Kier molecular flexibility index (Phi) is 5.09. The van der Waals surface area contributed by atoms with E-state index in [-0.39, 0.29) is 17.7 Å². The molecule has 5 nitrogen and oxygen atoms in total. The van der Waals surface area contributed by atoms with Crippen LogP contribution in [0.5, 0.6) is 0 Å². The predicted octanol–water partition coefficient (Wildman–Crippen LogP) is 1.98. The van der Waals surface area contributed by atoms with Gasteiger partial charge in [0.2, 0.25) is 5.91 Å². The van der Waals surface area contributed by atoms with Crippen molar-refractivity contribution >= 4 is 17.7 Å². The maximum absolute atomic E-state index is 12.1. The second-order valence-corrected chi connectivity index (χ2v) is 5.07. The monoisotopic (exact) mass is 288 g/mol. The molecule has 2 rings (SSSR count). The Labute approximate surface area is 124 Å². The third-order valence-corrected chi connectivity index (χ3v) is 3.54. The van der Waals surface area contributed by atoms with E-state index in [1.165, 1.54) is 4.90 Å². The van der Waals surface area contributed by atoms with Crippen molar-refractivity contribution in [2.75, 3.05) is 13.1 Å². The molecular weight excluding hydrogens is 268 g/mol. The molecule has 0 bridgehead atoms. The molecule has 1 aliphatic rings. The first kappa shape index (κ1) is 15.2. The van der Waals surface area contributed by atoms with Crippen LogP contribution < -0.4 is 5.32 Å². The summed E-state index contributed by atoms with van der Waals surface area (Å²) in [7, 11) is 0. The van der Waals surface area contributed by atoms with Crippen LogP contribution >= 0.6 is 0 Å². The molecule has 0 saturated heterocycles. The first-order chi connectivity index (χ1) is 10.1. The van der Waals surface area contributed by atoms with E-state index in [9.17, 15) is 14.4 Å². The van der Waals surface area contributed by atoms with E-state index < -0.39 is 0 Å². The number of carbonyl (C=O) groups is 3. The summed E-state index contributed by atoms with van der Waals surface area (Å²) in [5.41, 5.74) is 0.981. The van der Waals surface area contributed by atoms with E-state index in [4.69, 9.17) is 0 Å². The molecule has 1 aromatic carbocycles. The van der Waals surface area contributed by atoms with Crippen molar-refractivity contribution in [3.05, 3.63) is 35.4 Å². The van der Waals surface area contributed by atoms with Crippen LogP contribution in [0, 0.1) is 0 Å². The summed E-state index contributed by atoms with van der Waals surface area (Å²) in [5, 5.41) is 2.75. The number of nitrogens with zero attached hydrogens (tertiary/aromatic N) is 1. The van der Waals surface area contributed by atoms with Crippen LogP contribution in [0.1, 0.15) is 53.3 Å². The van der Waals surface area contributed by atoms with Crippen molar-refractivity contribution in [2.24, 2.45) is 0 Å². The van der Waals surface area contributed by atoms with Crippen LogP contribution in [0.25, 0.3) is 0 Å². The average molecular weight is 288 g/mol. The molecule has 1 aliphatic heterocycles. The maximum Gasteiger partial charge on any atom is 0.261 e. The number of fused-ring (bicyclic) bond motifs is 1. The van der Waals surface area contributed by atoms with E-state index in [0.717, 1.165) is 19.3 Å². The number of imide groups is 1. The number of carbonyl (C=O) groups excluding carboxylic acids is 3. The van der Waals surface area contributed by atoms with Crippen LogP contribution in [0.2, 0.25) is 0 Å². The normalized spacial score (nSPS) is 13.5. The minimum Gasteiger partial charge on any atom is -0.356 e. The smallest absolute Gasteiger partial charge is 0.261 e. The number of hydrogen-bond acceptors (Lipinski definition) is 3. The number of nitrogens with one attached hydrogen (secondary N) is 1. The Bertz CT molecular complexity index is 519. The molecule has 0 atom stereocenters. The van der Waals surface area contributed by atoms with Crippen LogP contribution in [-0.2, 0) is 4.79 Å². The lowest BCUT2D eigenvalue weighted by molar-refractivity contribution is -0.121. The second-order valence-electron chi connectivity index (χ2n) is 5.07. The summed E-state index contributed by atoms with van der Waals surface area (Å²) in [4.78, 5) is 36.8. The van der Waals surface area contributed by atoms with E-state index >= 15 is 0 Å². The lowest BCUT2D eigenvalue weighted by atomic mass is 10.1. The Balaban J connectivity index is 1.77. The summed E-state index contributed by atoms with van der Waals surface area (Å²) in [6.45, 7) is 2.95. The highest BCUT2D eigenvalue weighted by Gasteiger charge is 2.34. The van der Waals surface area contributed by atoms with Gasteiger partial charge >= 0.3 is 0 Å². The summed E-state index contributed by atoms with van der Waals surface area (Å²) >= 11 is 0. The molecule has 0 unspecified atom stereocenters. The van der Waals surface area contributed by atoms with Gasteiger partial charge in [0.05, 0.1) is 11.1 Å². The molecule has 0 aromatic heterocycles. The molecule has 1 aromatic rings. The zero-order valence-corrected chi connectivity index (χ0v) is 12.2. The van der Waals surface area contributed by atoms with Crippen molar-refractivity contribution in [1.29, 1.82) is 0 Å². The van der Waals surface area contributed by atoms with Crippen molar-refractivity contribution in [3.63, 3.8) is 0 Å². The standard InChI is InChI=1S/C16H20N2O3/c1-2-17-14(19)10-4-3-7-11-18-15(20)12-8-5-6-9-13(12)16(18)21/h5-6,8-9H,2-4,7,10-11H2,1H3,(H,17,19). The van der Waals surface area contributed by atoms with Crippen molar-refractivity contribution < 1.29 is 14.4 Å². The number of amides is 3. The predicted molar refractivity (Wildman–Crippen MR) is 79.0 cm³/mol. The first-order valence-corrected chi connectivity index (χ1v) is 7.37. The summed E-state index contributed by atoms with van der Waals surface area (Å²) in [5.74, 6) is -0.364. The number of unbranched alkanes of at least 4 members (excludes halogenated alkanes) is 2. The number of benzene rings is 1. The Morgan fingerprint density at radius 1 is 1.05 bits per heavy atom. The van der Waals surface area contributed by atoms with Gasteiger partial charge in [-0.25, -0.2) is 0 Å². The van der Waals surface area contributed by atoms with Gasteiger partial charge in [-0.2, -0.15) is 0 Å². The van der Waals surface area contributed by atoms with Crippen molar-refractivity contribution in [2.45, 2.75) is 32.6 Å². The van der Waals surface area contributed by atoms with Crippen LogP contribution in [-0.4, -0.2) is 35.7 Å². The lowest BCUT2D eigenvalue weighted by Gasteiger charge is -2.13. The molecule has 3 amide bonds. The molecule has 0 fully saturated rings. The zero-order valence-electron chi connectivity index (χ0n) is 12.2. The topological polar surface area (TPSA) is 66.5 Å². The van der Waals surface area contributed by atoms with E-state index in [1.54, 1.807) is 24.3 Å². The Hall–Kier alpha value is -2.17. The van der Waals surface area contributed by atoms with Gasteiger partial charge in [-0.05, 0) is 31.9 Å². The van der Waals surface area contributed by atoms with Crippen molar-refractivity contribution in [3.8, 4) is 0 Å². The summed E-state index contributed by atoms with van der Waals surface area (Å²) < 4.78 is 0. The van der Waals surface area contributed by atoms with Gasteiger partial charge < -0.3 is 5.32 Å². The summed E-state index contributed by atoms with van der Waals surface area (Å²) in [6, 6.07) is 6.90. The minimum absolute atomic E-state index is 0.0539. The SMILES string of the molecule is CCNC(=O)CCCCCN1C(=O)c2ccccc2C1=O. The molecule has 0 aliphatic carbocycles. The van der Waals surface area contributed by atoms with Crippen LogP contribution in [0.4, 0.5) is 0 Å². The van der Waals surface area contributed by atoms with Gasteiger partial charge in [-0.3, -0.25) is 19.3 Å². The molecule has 5 heteroatoms. The molecule has 0 saturated carbocycles. The highest BCUT2D eigenvalue weighted by atomic mass is 16.2. The van der Waals surface area contributed by atoms with Crippen LogP contribution in [0.3, 0.4) is 0 Å². The van der Waals surface area contributed by atoms with Gasteiger partial charge in [-0.15, -0.1) is 0 Å². The fraction of sp³-hybridized carbons (Fsp3) is 0.438. The Morgan fingerprint density at radius 2 is 1.67 bits per heavy atom. The van der Waals surface area contributed by atoms with Crippen molar-refractivity contribution in [1.82, 2.24) is 10.2 Å². The fourth-order valence-electron chi connectivity index (χ4n) is 2.46. The first-order valence-electron chi connectivity index (χ1n) is 7.37. The van der Waals surface area contributed by atoms with Gasteiger partial charge in [0.1, 0.15) is 0 Å². The van der Waals surface area contributed by atoms with E-state index in [0.29, 0.717) is 30.6 Å². The van der Waals surface area contributed by atoms with Gasteiger partial charge in [0.25, 0.3) is 11.8 Å². The quantitative estimate of drug-likeness (QED) is 0.616. The van der Waals surface area contributed by atoms with E-state index in [1.807, 2.05) is 6.92 Å². The fourth-order valence-corrected chi connectivity index (χ4v) is 2.46. The van der Waals surface area contributed by atoms with Gasteiger partial charge in [0.15, 0.2) is 0 Å². The summed E-state index contributed by atoms with van der Waals surface area (Å²) in [6.07, 6.45) is 2.82. The molecule has 1 N–H and O–H groups in total. The molecule has 0 spiro atoms. The number of hydrogen-bond donors (Lipinski definition) is 1. The maximum atomic E-state index is 12.1.